The summed E-state index contributed by atoms with van der Waals surface area (Å²) in [5.41, 5.74) is 4.08. The van der Waals surface area contributed by atoms with Gasteiger partial charge in [0, 0.05) is 5.56 Å². The molecule has 9 nitrogen and oxygen atoms in total. The second-order valence-corrected chi connectivity index (χ2v) is 8.22. The number of carboxylic acid groups (broad SMARTS) is 1. The molecule has 3 aromatic rings. The van der Waals surface area contributed by atoms with E-state index in [0.717, 1.165) is 45.8 Å². The van der Waals surface area contributed by atoms with Gasteiger partial charge in [-0.2, -0.15) is 19.6 Å². The average molecular weight is 410 g/mol. The van der Waals surface area contributed by atoms with Gasteiger partial charge < -0.3 is 9.84 Å². The van der Waals surface area contributed by atoms with E-state index in [1.165, 1.54) is 0 Å². The molecule has 0 bridgehead atoms. The number of carbonyl (C=O) groups is 1. The van der Waals surface area contributed by atoms with Crippen molar-refractivity contribution in [2.24, 2.45) is 5.10 Å². The Morgan fingerprint density at radius 3 is 2.76 bits per heavy atom. The fourth-order valence-electron chi connectivity index (χ4n) is 3.81. The zero-order valence-corrected chi connectivity index (χ0v) is 16.7. The molecule has 0 saturated heterocycles. The van der Waals surface area contributed by atoms with Crippen LogP contribution < -0.4 is 4.74 Å². The maximum atomic E-state index is 11.6. The number of ether oxygens (including phenoxy) is 1. The molecule has 3 heterocycles. The third-order valence-electron chi connectivity index (χ3n) is 5.20. The normalized spacial score (nSPS) is 17.6. The standard InChI is InChI=1S/C19H18N6O3S/c1-10-15(11-6-8-12(28-2)9-7-11)22-25-17(20-21-18(25)29-10)16-13-4-3-5-14(13)24(23-16)19(26)27/h6-10H,3-5H2,1-2H3,(H,26,27). The first-order chi connectivity index (χ1) is 14.1. The highest BCUT2D eigenvalue weighted by molar-refractivity contribution is 8.00. The maximum absolute atomic E-state index is 11.6. The molecular formula is C19H18N6O3S. The van der Waals surface area contributed by atoms with Crippen LogP contribution in [-0.4, -0.2) is 53.9 Å². The quantitative estimate of drug-likeness (QED) is 0.707. The molecule has 0 radical (unpaired) electrons. The minimum absolute atomic E-state index is 0.0928. The monoisotopic (exact) mass is 410 g/mol. The van der Waals surface area contributed by atoms with Crippen LogP contribution in [0.1, 0.15) is 30.2 Å². The highest BCUT2D eigenvalue weighted by Gasteiger charge is 2.32. The summed E-state index contributed by atoms with van der Waals surface area (Å²) < 4.78 is 7.98. The highest BCUT2D eigenvalue weighted by atomic mass is 32.2. The molecule has 0 amide bonds. The Morgan fingerprint density at radius 2 is 2.03 bits per heavy atom. The summed E-state index contributed by atoms with van der Waals surface area (Å²) in [4.78, 5) is 11.6. The highest BCUT2D eigenvalue weighted by Crippen LogP contribution is 2.36. The Morgan fingerprint density at radius 1 is 1.24 bits per heavy atom. The smallest absolute Gasteiger partial charge is 0.432 e. The van der Waals surface area contributed by atoms with E-state index < -0.39 is 6.09 Å². The van der Waals surface area contributed by atoms with Gasteiger partial charge >= 0.3 is 6.09 Å². The zero-order valence-electron chi connectivity index (χ0n) is 15.9. The van der Waals surface area contributed by atoms with Crippen LogP contribution in [0.15, 0.2) is 34.5 Å². The third-order valence-corrected chi connectivity index (χ3v) is 6.24. The molecule has 29 heavy (non-hydrogen) atoms. The number of nitrogens with zero attached hydrogens (tertiary/aromatic N) is 6. The van der Waals surface area contributed by atoms with Gasteiger partial charge in [-0.05, 0) is 56.0 Å². The van der Waals surface area contributed by atoms with Crippen molar-refractivity contribution < 1.29 is 14.6 Å². The molecule has 1 unspecified atom stereocenters. The lowest BCUT2D eigenvalue weighted by Crippen LogP contribution is -2.21. The number of hydrogen-bond donors (Lipinski definition) is 1. The fourth-order valence-corrected chi connectivity index (χ4v) is 4.74. The van der Waals surface area contributed by atoms with E-state index in [2.05, 4.69) is 22.2 Å². The first-order valence-electron chi connectivity index (χ1n) is 9.26. The zero-order chi connectivity index (χ0) is 20.1. The molecular weight excluding hydrogens is 392 g/mol. The summed E-state index contributed by atoms with van der Waals surface area (Å²) in [6, 6.07) is 7.75. The van der Waals surface area contributed by atoms with Gasteiger partial charge in [-0.25, -0.2) is 4.79 Å². The first-order valence-corrected chi connectivity index (χ1v) is 10.1. The summed E-state index contributed by atoms with van der Waals surface area (Å²) in [5.74, 6) is 1.26. The molecule has 5 rings (SSSR count). The third kappa shape index (κ3) is 2.82. The molecule has 10 heteroatoms. The van der Waals surface area contributed by atoms with Crippen LogP contribution in [0.2, 0.25) is 0 Å². The molecule has 1 atom stereocenters. The fraction of sp³-hybridized carbons (Fsp3) is 0.316. The Kier molecular flexibility index (Phi) is 4.16. The van der Waals surface area contributed by atoms with Crippen LogP contribution in [0.25, 0.3) is 11.5 Å². The molecule has 1 aromatic carbocycles. The lowest BCUT2D eigenvalue weighted by Gasteiger charge is -2.20. The van der Waals surface area contributed by atoms with Gasteiger partial charge in [-0.15, -0.1) is 10.2 Å². The summed E-state index contributed by atoms with van der Waals surface area (Å²) in [5, 5.41) is 28.0. The number of hydrogen-bond acceptors (Lipinski definition) is 7. The van der Waals surface area contributed by atoms with Gasteiger partial charge in [-0.1, -0.05) is 11.8 Å². The lowest BCUT2D eigenvalue weighted by molar-refractivity contribution is 0.192. The minimum Gasteiger partial charge on any atom is -0.497 e. The molecule has 0 saturated carbocycles. The van der Waals surface area contributed by atoms with E-state index in [1.807, 2.05) is 24.3 Å². The van der Waals surface area contributed by atoms with Gasteiger partial charge in [0.15, 0.2) is 0 Å². The van der Waals surface area contributed by atoms with Crippen molar-refractivity contribution in [3.05, 3.63) is 41.1 Å². The summed E-state index contributed by atoms with van der Waals surface area (Å²) >= 11 is 1.56. The van der Waals surface area contributed by atoms with Crippen molar-refractivity contribution in [3.63, 3.8) is 0 Å². The van der Waals surface area contributed by atoms with Crippen molar-refractivity contribution in [1.29, 1.82) is 0 Å². The van der Waals surface area contributed by atoms with Crippen molar-refractivity contribution in [1.82, 2.24) is 24.7 Å². The van der Waals surface area contributed by atoms with Crippen LogP contribution in [0.3, 0.4) is 0 Å². The van der Waals surface area contributed by atoms with E-state index in [0.29, 0.717) is 23.1 Å². The second kappa shape index (κ2) is 6.73. The van der Waals surface area contributed by atoms with Crippen LogP contribution in [0.4, 0.5) is 4.79 Å². The van der Waals surface area contributed by atoms with Crippen molar-refractivity contribution in [2.45, 2.75) is 36.6 Å². The van der Waals surface area contributed by atoms with Crippen molar-refractivity contribution in [2.75, 3.05) is 7.11 Å². The van der Waals surface area contributed by atoms with Crippen LogP contribution in [-0.2, 0) is 12.8 Å². The molecule has 1 aliphatic carbocycles. The number of methoxy groups -OCH3 is 1. The lowest BCUT2D eigenvalue weighted by atomic mass is 10.1. The van der Waals surface area contributed by atoms with Gasteiger partial charge in [0.05, 0.1) is 23.8 Å². The van der Waals surface area contributed by atoms with Gasteiger partial charge in [-0.3, -0.25) is 0 Å². The number of thioether (sulfide) groups is 1. The van der Waals surface area contributed by atoms with E-state index in [4.69, 9.17) is 9.84 Å². The minimum atomic E-state index is -1.08. The SMILES string of the molecule is COc1ccc(C2=Nn3c(nnc3-c3nn(C(=O)O)c4c3CCC4)SC2C)cc1. The van der Waals surface area contributed by atoms with Crippen molar-refractivity contribution >= 4 is 23.6 Å². The maximum Gasteiger partial charge on any atom is 0.432 e. The Hall–Kier alpha value is -3.14. The van der Waals surface area contributed by atoms with E-state index in [9.17, 15) is 9.90 Å². The summed E-state index contributed by atoms with van der Waals surface area (Å²) in [6.07, 6.45) is 1.29. The molecule has 1 aliphatic heterocycles. The van der Waals surface area contributed by atoms with Crippen LogP contribution >= 0.6 is 11.8 Å². The second-order valence-electron chi connectivity index (χ2n) is 6.91. The number of benzene rings is 1. The van der Waals surface area contributed by atoms with Gasteiger partial charge in [0.25, 0.3) is 0 Å². The Balaban J connectivity index is 1.62. The van der Waals surface area contributed by atoms with Crippen LogP contribution in [0.5, 0.6) is 5.75 Å². The first kappa shape index (κ1) is 17.9. The predicted molar refractivity (Wildman–Crippen MR) is 107 cm³/mol. The van der Waals surface area contributed by atoms with E-state index in [1.54, 1.807) is 23.5 Å². The summed E-state index contributed by atoms with van der Waals surface area (Å²) in [6.45, 7) is 2.07. The Bertz CT molecular complexity index is 1150. The topological polar surface area (TPSA) is 107 Å². The molecule has 2 aromatic heterocycles. The van der Waals surface area contributed by atoms with E-state index in [-0.39, 0.29) is 5.25 Å². The Labute approximate surface area is 170 Å². The largest absolute Gasteiger partial charge is 0.497 e. The van der Waals surface area contributed by atoms with Gasteiger partial charge in [0.2, 0.25) is 11.0 Å². The predicted octanol–water partition coefficient (Wildman–Crippen LogP) is 2.91. The molecule has 1 N–H and O–H groups in total. The van der Waals surface area contributed by atoms with Crippen LogP contribution in [0, 0.1) is 0 Å². The summed E-state index contributed by atoms with van der Waals surface area (Å²) in [7, 11) is 1.63. The number of rotatable bonds is 3. The van der Waals surface area contributed by atoms with E-state index >= 15 is 0 Å². The van der Waals surface area contributed by atoms with Crippen molar-refractivity contribution in [3.8, 4) is 17.3 Å². The number of fused-ring (bicyclic) bond motifs is 2. The molecule has 0 spiro atoms. The van der Waals surface area contributed by atoms with Gasteiger partial charge in [0.1, 0.15) is 11.4 Å². The molecule has 0 fully saturated rings. The molecule has 2 aliphatic rings. The average Bonchev–Trinajstić information content (AvgIpc) is 3.42. The molecule has 148 valence electrons. The number of aromatic nitrogens is 5.